The van der Waals surface area contributed by atoms with Crippen LogP contribution in [0.4, 0.5) is 11.4 Å². The normalized spacial score (nSPS) is 29.4. The van der Waals surface area contributed by atoms with E-state index in [-0.39, 0.29) is 6.04 Å². The number of oxime groups is 1. The van der Waals surface area contributed by atoms with E-state index >= 15 is 0 Å². The van der Waals surface area contributed by atoms with Gasteiger partial charge in [0.15, 0.2) is 0 Å². The van der Waals surface area contributed by atoms with Crippen LogP contribution >= 0.6 is 0 Å². The van der Waals surface area contributed by atoms with Gasteiger partial charge in [-0.05, 0) is 61.3 Å². The van der Waals surface area contributed by atoms with Gasteiger partial charge in [-0.15, -0.1) is 0 Å². The summed E-state index contributed by atoms with van der Waals surface area (Å²) in [6.45, 7) is 0. The highest BCUT2D eigenvalue weighted by Gasteiger charge is 2.49. The minimum Gasteiger partial charge on any atom is -0.411 e. The van der Waals surface area contributed by atoms with Gasteiger partial charge in [0.1, 0.15) is 0 Å². The number of nitrogens with zero attached hydrogens (tertiary/aromatic N) is 2. The minimum absolute atomic E-state index is 0.203. The molecule has 0 aromatic heterocycles. The van der Waals surface area contributed by atoms with Gasteiger partial charge >= 0.3 is 0 Å². The van der Waals surface area contributed by atoms with Gasteiger partial charge in [-0.25, -0.2) is 0 Å². The van der Waals surface area contributed by atoms with Gasteiger partial charge < -0.3 is 10.1 Å². The third-order valence-electron chi connectivity index (χ3n) is 6.20. The number of rotatable bonds is 1. The lowest BCUT2D eigenvalue weighted by Gasteiger charge is -2.37. The van der Waals surface area contributed by atoms with Crippen LogP contribution in [0.25, 0.3) is 0 Å². The molecule has 0 amide bonds. The van der Waals surface area contributed by atoms with Gasteiger partial charge in [-0.1, -0.05) is 41.6 Å². The number of anilines is 2. The van der Waals surface area contributed by atoms with Gasteiger partial charge in [0.05, 0.1) is 11.8 Å². The SMILES string of the molecule is O/N=C1/[C@H]2CC[C@@H](C2)[C@@H]1N1c2ccccc2CCc2ccccc21. The first kappa shape index (κ1) is 14.1. The molecule has 3 aliphatic rings. The highest BCUT2D eigenvalue weighted by atomic mass is 16.4. The van der Waals surface area contributed by atoms with E-state index in [1.54, 1.807) is 0 Å². The van der Waals surface area contributed by atoms with Crippen LogP contribution in [0.15, 0.2) is 53.7 Å². The molecule has 2 aliphatic carbocycles. The molecule has 1 heterocycles. The Hall–Kier alpha value is -2.29. The van der Waals surface area contributed by atoms with Crippen molar-refractivity contribution in [3.63, 3.8) is 0 Å². The van der Waals surface area contributed by atoms with Crippen molar-refractivity contribution in [3.05, 3.63) is 59.7 Å². The summed E-state index contributed by atoms with van der Waals surface area (Å²) < 4.78 is 0. The second kappa shape index (κ2) is 5.37. The lowest BCUT2D eigenvalue weighted by Crippen LogP contribution is -2.42. The van der Waals surface area contributed by atoms with Crippen molar-refractivity contribution >= 4 is 17.1 Å². The predicted molar refractivity (Wildman–Crippen MR) is 96.3 cm³/mol. The molecule has 2 fully saturated rings. The molecule has 2 aromatic carbocycles. The van der Waals surface area contributed by atoms with Crippen molar-refractivity contribution in [2.75, 3.05) is 4.90 Å². The fraction of sp³-hybridized carbons (Fsp3) is 0.381. The Balaban J connectivity index is 1.72. The maximum absolute atomic E-state index is 9.72. The summed E-state index contributed by atoms with van der Waals surface area (Å²) in [5.41, 5.74) is 6.38. The molecule has 0 unspecified atom stereocenters. The molecule has 1 N–H and O–H groups in total. The molecule has 0 radical (unpaired) electrons. The number of fused-ring (bicyclic) bond motifs is 4. The average Bonchev–Trinajstić information content (AvgIpc) is 3.19. The molecule has 1 aliphatic heterocycles. The number of benzene rings is 2. The Morgan fingerprint density at radius 3 is 2.12 bits per heavy atom. The number of hydrogen-bond acceptors (Lipinski definition) is 3. The molecule has 0 saturated heterocycles. The van der Waals surface area contributed by atoms with E-state index in [4.69, 9.17) is 0 Å². The summed E-state index contributed by atoms with van der Waals surface area (Å²) in [6.07, 6.45) is 5.73. The van der Waals surface area contributed by atoms with Crippen LogP contribution in [-0.4, -0.2) is 17.0 Å². The van der Waals surface area contributed by atoms with Crippen molar-refractivity contribution < 1.29 is 5.21 Å². The second-order valence-corrected chi connectivity index (χ2v) is 7.37. The topological polar surface area (TPSA) is 35.8 Å². The highest BCUT2D eigenvalue weighted by Crippen LogP contribution is 2.49. The zero-order valence-electron chi connectivity index (χ0n) is 13.7. The van der Waals surface area contributed by atoms with E-state index < -0.39 is 0 Å². The lowest BCUT2D eigenvalue weighted by atomic mass is 9.90. The molecule has 2 saturated carbocycles. The van der Waals surface area contributed by atoms with Gasteiger partial charge in [0, 0.05) is 17.3 Å². The third kappa shape index (κ3) is 1.94. The molecular formula is C21H22N2O. The van der Waals surface area contributed by atoms with Gasteiger partial charge in [0.25, 0.3) is 0 Å². The Labute approximate surface area is 142 Å². The molecule has 0 spiro atoms. The molecule has 5 rings (SSSR count). The second-order valence-electron chi connectivity index (χ2n) is 7.37. The van der Waals surface area contributed by atoms with E-state index in [1.165, 1.54) is 41.8 Å². The van der Waals surface area contributed by atoms with E-state index in [9.17, 15) is 5.21 Å². The summed E-state index contributed by atoms with van der Waals surface area (Å²) in [7, 11) is 0. The Morgan fingerprint density at radius 2 is 1.50 bits per heavy atom. The number of para-hydroxylation sites is 2. The number of aryl methyl sites for hydroxylation is 2. The molecule has 122 valence electrons. The summed E-state index contributed by atoms with van der Waals surface area (Å²) in [6, 6.07) is 17.7. The molecule has 2 aromatic rings. The predicted octanol–water partition coefficient (Wildman–Crippen LogP) is 4.55. The summed E-state index contributed by atoms with van der Waals surface area (Å²) in [5.74, 6) is 1.06. The van der Waals surface area contributed by atoms with Crippen LogP contribution in [0, 0.1) is 11.8 Å². The fourth-order valence-corrected chi connectivity index (χ4v) is 5.15. The van der Waals surface area contributed by atoms with Gasteiger partial charge in [-0.2, -0.15) is 0 Å². The van der Waals surface area contributed by atoms with Crippen LogP contribution in [-0.2, 0) is 12.8 Å². The third-order valence-corrected chi connectivity index (χ3v) is 6.20. The first-order valence-electron chi connectivity index (χ1n) is 9.03. The molecule has 3 atom stereocenters. The van der Waals surface area contributed by atoms with Gasteiger partial charge in [0.2, 0.25) is 0 Å². The smallest absolute Gasteiger partial charge is 0.0832 e. The summed E-state index contributed by atoms with van der Waals surface area (Å²) >= 11 is 0. The van der Waals surface area contributed by atoms with Crippen LogP contribution in [0.1, 0.15) is 30.4 Å². The fourth-order valence-electron chi connectivity index (χ4n) is 5.15. The van der Waals surface area contributed by atoms with E-state index in [0.29, 0.717) is 11.8 Å². The van der Waals surface area contributed by atoms with E-state index in [1.807, 2.05) is 0 Å². The highest BCUT2D eigenvalue weighted by molar-refractivity contribution is 5.99. The van der Waals surface area contributed by atoms with Crippen molar-refractivity contribution in [3.8, 4) is 0 Å². The van der Waals surface area contributed by atoms with Crippen molar-refractivity contribution in [1.29, 1.82) is 0 Å². The number of hydrogen-bond donors (Lipinski definition) is 1. The molecule has 3 nitrogen and oxygen atoms in total. The van der Waals surface area contributed by atoms with Crippen molar-refractivity contribution in [2.24, 2.45) is 17.0 Å². The average molecular weight is 318 g/mol. The van der Waals surface area contributed by atoms with Crippen LogP contribution in [0.3, 0.4) is 0 Å². The lowest BCUT2D eigenvalue weighted by molar-refractivity contribution is 0.311. The van der Waals surface area contributed by atoms with E-state index in [0.717, 1.165) is 18.6 Å². The Kier molecular flexibility index (Phi) is 3.15. The van der Waals surface area contributed by atoms with Crippen molar-refractivity contribution in [1.82, 2.24) is 0 Å². The Bertz CT molecular complexity index is 765. The maximum Gasteiger partial charge on any atom is 0.0832 e. The largest absolute Gasteiger partial charge is 0.411 e. The van der Waals surface area contributed by atoms with Crippen LogP contribution in [0.5, 0.6) is 0 Å². The zero-order chi connectivity index (χ0) is 16.1. The quantitative estimate of drug-likeness (QED) is 0.618. The summed E-state index contributed by atoms with van der Waals surface area (Å²) in [5, 5.41) is 13.5. The monoisotopic (exact) mass is 318 g/mol. The molecule has 2 bridgehead atoms. The zero-order valence-corrected chi connectivity index (χ0v) is 13.7. The maximum atomic E-state index is 9.72. The standard InChI is InChI=1S/C21H22N2O/c24-22-20-16-11-12-17(13-16)21(20)23-18-7-3-1-5-14(18)9-10-15-6-2-4-8-19(15)23/h1-8,16-17,21,24H,9-13H2/b22-20-/t16-,17-,21-/m0/s1. The first-order valence-corrected chi connectivity index (χ1v) is 9.03. The first-order chi connectivity index (χ1) is 11.9. The minimum atomic E-state index is 0.203. The van der Waals surface area contributed by atoms with Crippen molar-refractivity contribution in [2.45, 2.75) is 38.1 Å². The summed E-state index contributed by atoms with van der Waals surface area (Å²) in [4.78, 5) is 2.48. The van der Waals surface area contributed by atoms with Crippen LogP contribution in [0.2, 0.25) is 0 Å². The van der Waals surface area contributed by atoms with E-state index in [2.05, 4.69) is 58.6 Å². The molecule has 3 heteroatoms. The molecular weight excluding hydrogens is 296 g/mol. The van der Waals surface area contributed by atoms with Gasteiger partial charge in [-0.3, -0.25) is 0 Å². The molecule has 24 heavy (non-hydrogen) atoms. The van der Waals surface area contributed by atoms with Crippen LogP contribution < -0.4 is 4.90 Å². The Morgan fingerprint density at radius 1 is 0.875 bits per heavy atom.